The largest absolute Gasteiger partial charge is 0.481 e. The van der Waals surface area contributed by atoms with Crippen LogP contribution in [0.5, 0.6) is 0 Å². The molecule has 1 fully saturated rings. The van der Waals surface area contributed by atoms with Gasteiger partial charge in [0.2, 0.25) is 0 Å². The van der Waals surface area contributed by atoms with Crippen molar-refractivity contribution in [3.63, 3.8) is 0 Å². The molecule has 0 spiro atoms. The van der Waals surface area contributed by atoms with Gasteiger partial charge in [-0.05, 0) is 49.7 Å². The molecule has 0 aromatic heterocycles. The van der Waals surface area contributed by atoms with E-state index in [-0.39, 0.29) is 5.92 Å². The molecule has 1 aliphatic carbocycles. The number of benzene rings is 1. The minimum Gasteiger partial charge on any atom is -0.481 e. The average molecular weight is 275 g/mol. The average Bonchev–Trinajstić information content (AvgIpc) is 2.35. The van der Waals surface area contributed by atoms with E-state index in [2.05, 4.69) is 6.92 Å². The second-order valence-corrected chi connectivity index (χ2v) is 6.43. The molecule has 0 saturated heterocycles. The van der Waals surface area contributed by atoms with Crippen LogP contribution in [0.15, 0.2) is 12.1 Å². The molecule has 1 aromatic rings. The molecule has 3 heteroatoms. The second kappa shape index (κ2) is 5.86. The van der Waals surface area contributed by atoms with E-state index in [4.69, 9.17) is 5.73 Å². The molecule has 0 heterocycles. The fourth-order valence-electron chi connectivity index (χ4n) is 3.64. The standard InChI is InChI=1S/C17H25NO2/c1-10-5-4-6-13(8-10)15(17(19)20)14-9-11(2)7-12(3)16(14)18/h7,9-10,13,15H,4-6,8,18H2,1-3H3,(H,19,20). The molecule has 2 rings (SSSR count). The Morgan fingerprint density at radius 3 is 2.65 bits per heavy atom. The van der Waals surface area contributed by atoms with Gasteiger partial charge in [-0.25, -0.2) is 0 Å². The summed E-state index contributed by atoms with van der Waals surface area (Å²) in [6.45, 7) is 6.17. The lowest BCUT2D eigenvalue weighted by molar-refractivity contribution is -0.140. The Labute approximate surface area is 121 Å². The number of nitrogens with two attached hydrogens (primary N) is 1. The van der Waals surface area contributed by atoms with E-state index in [0.717, 1.165) is 36.0 Å². The zero-order valence-corrected chi connectivity index (χ0v) is 12.6. The van der Waals surface area contributed by atoms with Gasteiger partial charge in [0.1, 0.15) is 0 Å². The SMILES string of the molecule is Cc1cc(C)c(N)c(C(C(=O)O)C2CCCC(C)C2)c1. The van der Waals surface area contributed by atoms with E-state index in [1.807, 2.05) is 26.0 Å². The highest BCUT2D eigenvalue weighted by molar-refractivity contribution is 5.80. The van der Waals surface area contributed by atoms with Crippen LogP contribution in [-0.4, -0.2) is 11.1 Å². The van der Waals surface area contributed by atoms with Gasteiger partial charge < -0.3 is 10.8 Å². The summed E-state index contributed by atoms with van der Waals surface area (Å²) in [5, 5.41) is 9.72. The first-order valence-electron chi connectivity index (χ1n) is 7.49. The van der Waals surface area contributed by atoms with Gasteiger partial charge >= 0.3 is 5.97 Å². The molecule has 1 saturated carbocycles. The maximum absolute atomic E-state index is 11.8. The van der Waals surface area contributed by atoms with Crippen LogP contribution in [-0.2, 0) is 4.79 Å². The smallest absolute Gasteiger partial charge is 0.311 e. The summed E-state index contributed by atoms with van der Waals surface area (Å²) in [7, 11) is 0. The summed E-state index contributed by atoms with van der Waals surface area (Å²) < 4.78 is 0. The number of hydrogen-bond donors (Lipinski definition) is 2. The van der Waals surface area contributed by atoms with Crippen molar-refractivity contribution in [1.29, 1.82) is 0 Å². The van der Waals surface area contributed by atoms with Crippen LogP contribution in [0.2, 0.25) is 0 Å². The lowest BCUT2D eigenvalue weighted by Crippen LogP contribution is -2.27. The first-order chi connectivity index (χ1) is 9.40. The Balaban J connectivity index is 2.41. The molecule has 3 unspecified atom stereocenters. The summed E-state index contributed by atoms with van der Waals surface area (Å²) in [6.07, 6.45) is 4.32. The Morgan fingerprint density at radius 1 is 1.35 bits per heavy atom. The van der Waals surface area contributed by atoms with Crippen molar-refractivity contribution in [2.24, 2.45) is 11.8 Å². The lowest BCUT2D eigenvalue weighted by Gasteiger charge is -2.32. The van der Waals surface area contributed by atoms with Crippen LogP contribution < -0.4 is 5.73 Å². The molecule has 1 aliphatic rings. The molecule has 0 bridgehead atoms. The second-order valence-electron chi connectivity index (χ2n) is 6.43. The van der Waals surface area contributed by atoms with Gasteiger partial charge in [-0.1, -0.05) is 37.5 Å². The fraction of sp³-hybridized carbons (Fsp3) is 0.588. The number of nitrogen functional groups attached to an aromatic ring is 1. The Bertz CT molecular complexity index is 510. The number of rotatable bonds is 3. The molecular weight excluding hydrogens is 250 g/mol. The number of aryl methyl sites for hydroxylation is 2. The maximum Gasteiger partial charge on any atom is 0.311 e. The van der Waals surface area contributed by atoms with E-state index in [0.29, 0.717) is 11.6 Å². The first kappa shape index (κ1) is 14.9. The third kappa shape index (κ3) is 2.97. The lowest BCUT2D eigenvalue weighted by atomic mass is 9.72. The van der Waals surface area contributed by atoms with Crippen molar-refractivity contribution in [2.75, 3.05) is 5.73 Å². The van der Waals surface area contributed by atoms with Crippen LogP contribution in [0.3, 0.4) is 0 Å². The normalized spacial score (nSPS) is 24.4. The highest BCUT2D eigenvalue weighted by atomic mass is 16.4. The van der Waals surface area contributed by atoms with Crippen LogP contribution in [0, 0.1) is 25.7 Å². The molecule has 110 valence electrons. The molecule has 0 radical (unpaired) electrons. The van der Waals surface area contributed by atoms with Gasteiger partial charge in [0, 0.05) is 5.69 Å². The molecule has 3 atom stereocenters. The number of carboxylic acid groups (broad SMARTS) is 1. The van der Waals surface area contributed by atoms with Crippen LogP contribution in [0.4, 0.5) is 5.69 Å². The maximum atomic E-state index is 11.8. The molecule has 3 N–H and O–H groups in total. The molecule has 3 nitrogen and oxygen atoms in total. The Hall–Kier alpha value is -1.51. The Kier molecular flexibility index (Phi) is 4.36. The first-order valence-corrected chi connectivity index (χ1v) is 7.49. The van der Waals surface area contributed by atoms with Gasteiger partial charge in [-0.15, -0.1) is 0 Å². The predicted molar refractivity (Wildman–Crippen MR) is 81.8 cm³/mol. The summed E-state index contributed by atoms with van der Waals surface area (Å²) >= 11 is 0. The van der Waals surface area contributed by atoms with Crippen LogP contribution >= 0.6 is 0 Å². The van der Waals surface area contributed by atoms with E-state index < -0.39 is 11.9 Å². The summed E-state index contributed by atoms with van der Waals surface area (Å²) in [4.78, 5) is 11.8. The molecule has 20 heavy (non-hydrogen) atoms. The predicted octanol–water partition coefficient (Wildman–Crippen LogP) is 3.88. The van der Waals surface area contributed by atoms with Gasteiger partial charge in [0.25, 0.3) is 0 Å². The minimum atomic E-state index is -0.735. The topological polar surface area (TPSA) is 63.3 Å². The highest BCUT2D eigenvalue weighted by Crippen LogP contribution is 2.41. The number of anilines is 1. The number of carboxylic acids is 1. The quantitative estimate of drug-likeness (QED) is 0.823. The zero-order chi connectivity index (χ0) is 14.9. The number of hydrogen-bond acceptors (Lipinski definition) is 2. The molecule has 0 amide bonds. The number of carbonyl (C=O) groups is 1. The van der Waals surface area contributed by atoms with Gasteiger partial charge in [0.05, 0.1) is 5.92 Å². The van der Waals surface area contributed by atoms with Crippen LogP contribution in [0.1, 0.15) is 55.2 Å². The molecule has 1 aromatic carbocycles. The van der Waals surface area contributed by atoms with Crippen molar-refractivity contribution in [2.45, 2.75) is 52.4 Å². The third-order valence-electron chi connectivity index (χ3n) is 4.61. The minimum absolute atomic E-state index is 0.208. The van der Waals surface area contributed by atoms with Gasteiger partial charge in [0.15, 0.2) is 0 Å². The number of aliphatic carboxylic acids is 1. The summed E-state index contributed by atoms with van der Waals surface area (Å²) in [6, 6.07) is 3.97. The van der Waals surface area contributed by atoms with Crippen molar-refractivity contribution in [1.82, 2.24) is 0 Å². The van der Waals surface area contributed by atoms with Crippen molar-refractivity contribution in [3.05, 3.63) is 28.8 Å². The monoisotopic (exact) mass is 275 g/mol. The highest BCUT2D eigenvalue weighted by Gasteiger charge is 2.34. The summed E-state index contributed by atoms with van der Waals surface area (Å²) in [5.74, 6) is -0.375. The third-order valence-corrected chi connectivity index (χ3v) is 4.61. The van der Waals surface area contributed by atoms with Crippen LogP contribution in [0.25, 0.3) is 0 Å². The van der Waals surface area contributed by atoms with E-state index in [9.17, 15) is 9.90 Å². The fourth-order valence-corrected chi connectivity index (χ4v) is 3.64. The summed E-state index contributed by atoms with van der Waals surface area (Å²) in [5.41, 5.74) is 9.70. The Morgan fingerprint density at radius 2 is 2.05 bits per heavy atom. The van der Waals surface area contributed by atoms with Gasteiger partial charge in [-0.3, -0.25) is 4.79 Å². The van der Waals surface area contributed by atoms with Crippen molar-refractivity contribution < 1.29 is 9.90 Å². The molecule has 0 aliphatic heterocycles. The van der Waals surface area contributed by atoms with Crippen molar-refractivity contribution in [3.8, 4) is 0 Å². The van der Waals surface area contributed by atoms with E-state index in [1.165, 1.54) is 6.42 Å². The molecular formula is C17H25NO2. The van der Waals surface area contributed by atoms with Crippen molar-refractivity contribution >= 4 is 11.7 Å². The van der Waals surface area contributed by atoms with Gasteiger partial charge in [-0.2, -0.15) is 0 Å². The zero-order valence-electron chi connectivity index (χ0n) is 12.6. The van der Waals surface area contributed by atoms with E-state index in [1.54, 1.807) is 0 Å². The van der Waals surface area contributed by atoms with E-state index >= 15 is 0 Å².